The van der Waals surface area contributed by atoms with Crippen molar-refractivity contribution in [3.63, 3.8) is 0 Å². The number of carboxylic acid groups (broad SMARTS) is 1. The SMILES string of the molecule is C=CCNC(=O)C(C)Oc1cc(C(C)(C)C)sc1C(=O)O. The van der Waals surface area contributed by atoms with Crippen molar-refractivity contribution in [3.05, 3.63) is 28.5 Å². The summed E-state index contributed by atoms with van der Waals surface area (Å²) in [4.78, 5) is 24.1. The third-order valence-electron chi connectivity index (χ3n) is 2.73. The molecule has 21 heavy (non-hydrogen) atoms. The fourth-order valence-electron chi connectivity index (χ4n) is 1.54. The van der Waals surface area contributed by atoms with Gasteiger partial charge in [-0.25, -0.2) is 4.79 Å². The maximum absolute atomic E-state index is 11.8. The Morgan fingerprint density at radius 3 is 2.62 bits per heavy atom. The molecule has 0 radical (unpaired) electrons. The second-order valence-electron chi connectivity index (χ2n) is 5.65. The highest BCUT2D eigenvalue weighted by atomic mass is 32.1. The summed E-state index contributed by atoms with van der Waals surface area (Å²) in [6, 6.07) is 1.70. The normalized spacial score (nSPS) is 12.6. The van der Waals surface area contributed by atoms with Crippen LogP contribution in [0.5, 0.6) is 5.75 Å². The number of aromatic carboxylic acids is 1. The summed E-state index contributed by atoms with van der Waals surface area (Å²) in [6.07, 6.45) is 0.792. The van der Waals surface area contributed by atoms with E-state index in [-0.39, 0.29) is 21.9 Å². The number of thiophene rings is 1. The molecule has 1 amide bonds. The molecule has 0 spiro atoms. The molecule has 1 atom stereocenters. The predicted octanol–water partition coefficient (Wildman–Crippen LogP) is 2.81. The lowest BCUT2D eigenvalue weighted by Crippen LogP contribution is -2.36. The molecular weight excluding hydrogens is 290 g/mol. The van der Waals surface area contributed by atoms with Gasteiger partial charge in [0.25, 0.3) is 5.91 Å². The monoisotopic (exact) mass is 311 g/mol. The molecule has 1 unspecified atom stereocenters. The smallest absolute Gasteiger partial charge is 0.349 e. The molecule has 0 aliphatic carbocycles. The standard InChI is InChI=1S/C15H21NO4S/c1-6-7-16-13(17)9(2)20-10-8-11(15(3,4)5)21-12(10)14(18)19/h6,8-9H,1,7H2,2-5H3,(H,16,17)(H,18,19). The van der Waals surface area contributed by atoms with E-state index < -0.39 is 12.1 Å². The van der Waals surface area contributed by atoms with Crippen molar-refractivity contribution in [1.29, 1.82) is 0 Å². The van der Waals surface area contributed by atoms with Crippen LogP contribution in [-0.2, 0) is 10.2 Å². The quantitative estimate of drug-likeness (QED) is 0.792. The fourth-order valence-corrected chi connectivity index (χ4v) is 2.53. The van der Waals surface area contributed by atoms with Gasteiger partial charge in [-0.3, -0.25) is 4.79 Å². The van der Waals surface area contributed by atoms with Crippen molar-refractivity contribution < 1.29 is 19.4 Å². The zero-order valence-corrected chi connectivity index (χ0v) is 13.5. The minimum Gasteiger partial charge on any atom is -0.479 e. The van der Waals surface area contributed by atoms with Crippen LogP contribution < -0.4 is 10.1 Å². The van der Waals surface area contributed by atoms with Gasteiger partial charge >= 0.3 is 5.97 Å². The molecule has 0 saturated carbocycles. The molecule has 116 valence electrons. The Labute approximate surface area is 128 Å². The molecule has 6 heteroatoms. The van der Waals surface area contributed by atoms with E-state index in [2.05, 4.69) is 11.9 Å². The molecule has 0 bridgehead atoms. The Bertz CT molecular complexity index is 542. The molecule has 1 aromatic rings. The van der Waals surface area contributed by atoms with E-state index in [9.17, 15) is 14.7 Å². The van der Waals surface area contributed by atoms with E-state index in [0.717, 1.165) is 4.88 Å². The Morgan fingerprint density at radius 2 is 2.14 bits per heavy atom. The van der Waals surface area contributed by atoms with Crippen molar-refractivity contribution in [1.82, 2.24) is 5.32 Å². The number of nitrogens with one attached hydrogen (secondary N) is 1. The summed E-state index contributed by atoms with van der Waals surface area (Å²) in [5, 5.41) is 11.9. The number of amides is 1. The first kappa shape index (κ1) is 17.2. The third kappa shape index (κ3) is 4.60. The second kappa shape index (κ2) is 6.76. The molecule has 5 nitrogen and oxygen atoms in total. The van der Waals surface area contributed by atoms with Gasteiger partial charge in [-0.05, 0) is 18.4 Å². The lowest BCUT2D eigenvalue weighted by molar-refractivity contribution is -0.127. The highest BCUT2D eigenvalue weighted by Gasteiger charge is 2.25. The van der Waals surface area contributed by atoms with Crippen LogP contribution in [0, 0.1) is 0 Å². The molecule has 1 rings (SSSR count). The van der Waals surface area contributed by atoms with Crippen LogP contribution in [0.2, 0.25) is 0 Å². The Kier molecular flexibility index (Phi) is 5.54. The first-order chi connectivity index (χ1) is 9.66. The molecule has 0 saturated heterocycles. The minimum atomic E-state index is -1.05. The van der Waals surface area contributed by atoms with Crippen molar-refractivity contribution in [2.45, 2.75) is 39.2 Å². The molecular formula is C15H21NO4S. The summed E-state index contributed by atoms with van der Waals surface area (Å²) in [5.41, 5.74) is -0.176. The van der Waals surface area contributed by atoms with Crippen LogP contribution in [0.15, 0.2) is 18.7 Å². The number of rotatable bonds is 6. The van der Waals surface area contributed by atoms with Gasteiger partial charge in [-0.2, -0.15) is 0 Å². The summed E-state index contributed by atoms with van der Waals surface area (Å²) in [7, 11) is 0. The maximum atomic E-state index is 11.8. The Balaban J connectivity index is 2.96. The molecule has 0 aromatic carbocycles. The van der Waals surface area contributed by atoms with Gasteiger partial charge in [0, 0.05) is 11.4 Å². The zero-order valence-electron chi connectivity index (χ0n) is 12.7. The molecule has 0 aliphatic heterocycles. The van der Waals surface area contributed by atoms with Crippen LogP contribution in [0.4, 0.5) is 0 Å². The van der Waals surface area contributed by atoms with Crippen LogP contribution in [0.1, 0.15) is 42.2 Å². The molecule has 0 aliphatic rings. The largest absolute Gasteiger partial charge is 0.479 e. The van der Waals surface area contributed by atoms with Gasteiger partial charge in [0.05, 0.1) is 0 Å². The first-order valence-corrected chi connectivity index (χ1v) is 7.41. The summed E-state index contributed by atoms with van der Waals surface area (Å²) < 4.78 is 5.52. The fraction of sp³-hybridized carbons (Fsp3) is 0.467. The molecule has 0 fully saturated rings. The first-order valence-electron chi connectivity index (χ1n) is 6.59. The average Bonchev–Trinajstić information content (AvgIpc) is 2.79. The van der Waals surface area contributed by atoms with Crippen LogP contribution in [0.3, 0.4) is 0 Å². The average molecular weight is 311 g/mol. The highest BCUT2D eigenvalue weighted by molar-refractivity contribution is 7.14. The number of hydrogen-bond donors (Lipinski definition) is 2. The van der Waals surface area contributed by atoms with E-state index in [1.807, 2.05) is 20.8 Å². The number of carbonyl (C=O) groups excluding carboxylic acids is 1. The van der Waals surface area contributed by atoms with Gasteiger partial charge in [-0.1, -0.05) is 26.8 Å². The van der Waals surface area contributed by atoms with E-state index >= 15 is 0 Å². The number of carbonyl (C=O) groups is 2. The minimum absolute atomic E-state index is 0.114. The lowest BCUT2D eigenvalue weighted by atomic mass is 9.95. The van der Waals surface area contributed by atoms with Crippen LogP contribution in [-0.4, -0.2) is 29.6 Å². The summed E-state index contributed by atoms with van der Waals surface area (Å²) >= 11 is 1.17. The molecule has 2 N–H and O–H groups in total. The highest BCUT2D eigenvalue weighted by Crippen LogP contribution is 2.37. The predicted molar refractivity (Wildman–Crippen MR) is 83.3 cm³/mol. The Hall–Kier alpha value is -1.82. The number of carboxylic acids is 1. The summed E-state index contributed by atoms with van der Waals surface area (Å²) in [6.45, 7) is 11.4. The topological polar surface area (TPSA) is 75.6 Å². The Morgan fingerprint density at radius 1 is 1.52 bits per heavy atom. The van der Waals surface area contributed by atoms with Crippen molar-refractivity contribution >= 4 is 23.2 Å². The zero-order chi connectivity index (χ0) is 16.2. The van der Waals surface area contributed by atoms with Crippen molar-refractivity contribution in [2.75, 3.05) is 6.54 Å². The third-order valence-corrected chi connectivity index (χ3v) is 4.26. The van der Waals surface area contributed by atoms with Crippen LogP contribution >= 0.6 is 11.3 Å². The molecule has 1 aromatic heterocycles. The van der Waals surface area contributed by atoms with Gasteiger partial charge in [0.15, 0.2) is 11.0 Å². The van der Waals surface area contributed by atoms with Gasteiger partial charge < -0.3 is 15.2 Å². The van der Waals surface area contributed by atoms with Crippen LogP contribution in [0.25, 0.3) is 0 Å². The van der Waals surface area contributed by atoms with Crippen molar-refractivity contribution in [3.8, 4) is 5.75 Å². The van der Waals surface area contributed by atoms with Gasteiger partial charge in [0.2, 0.25) is 0 Å². The van der Waals surface area contributed by atoms with Gasteiger partial charge in [0.1, 0.15) is 5.75 Å². The summed E-state index contributed by atoms with van der Waals surface area (Å²) in [5.74, 6) is -1.13. The van der Waals surface area contributed by atoms with E-state index in [1.165, 1.54) is 11.3 Å². The van der Waals surface area contributed by atoms with E-state index in [1.54, 1.807) is 19.1 Å². The number of hydrogen-bond acceptors (Lipinski definition) is 4. The maximum Gasteiger partial charge on any atom is 0.349 e. The van der Waals surface area contributed by atoms with E-state index in [4.69, 9.17) is 4.74 Å². The van der Waals surface area contributed by atoms with Gasteiger partial charge in [-0.15, -0.1) is 17.9 Å². The van der Waals surface area contributed by atoms with E-state index in [0.29, 0.717) is 6.54 Å². The van der Waals surface area contributed by atoms with Crippen molar-refractivity contribution in [2.24, 2.45) is 0 Å². The second-order valence-corrected chi connectivity index (χ2v) is 6.71. The number of ether oxygens (including phenoxy) is 1. The molecule has 1 heterocycles. The lowest BCUT2D eigenvalue weighted by Gasteiger charge is -2.15.